The van der Waals surface area contributed by atoms with E-state index in [9.17, 15) is 5.26 Å². The molecule has 2 atom stereocenters. The van der Waals surface area contributed by atoms with E-state index in [1.807, 2.05) is 19.4 Å². The Morgan fingerprint density at radius 3 is 2.95 bits per heavy atom. The Hall–Kier alpha value is -1.38. The van der Waals surface area contributed by atoms with Crippen LogP contribution < -0.4 is 5.32 Å². The standard InChI is InChI=1S/C16H25N5/c1-20-9-8-18-15(20)11-21(2)14-4-3-7-16(10-14,12-17)19-13-5-6-13/h8-9,13-14,19H,3-7,10-11H2,1-2H3. The molecular formula is C16H25N5. The number of hydrogen-bond donors (Lipinski definition) is 1. The first-order valence-electron chi connectivity index (χ1n) is 7.97. The molecule has 0 aliphatic heterocycles. The normalized spacial score (nSPS) is 29.5. The molecule has 2 fully saturated rings. The number of hydrogen-bond acceptors (Lipinski definition) is 4. The van der Waals surface area contributed by atoms with Crippen molar-refractivity contribution < 1.29 is 0 Å². The van der Waals surface area contributed by atoms with Gasteiger partial charge in [0.1, 0.15) is 11.4 Å². The molecule has 0 spiro atoms. The lowest BCUT2D eigenvalue weighted by molar-refractivity contribution is 0.134. The number of nitriles is 1. The second kappa shape index (κ2) is 5.78. The molecule has 1 heterocycles. The van der Waals surface area contributed by atoms with Crippen molar-refractivity contribution >= 4 is 0 Å². The Labute approximate surface area is 127 Å². The molecule has 3 rings (SSSR count). The summed E-state index contributed by atoms with van der Waals surface area (Å²) in [6.45, 7) is 0.846. The van der Waals surface area contributed by atoms with Gasteiger partial charge in [0, 0.05) is 31.5 Å². The number of imidazole rings is 1. The first-order valence-corrected chi connectivity index (χ1v) is 7.97. The summed E-state index contributed by atoms with van der Waals surface area (Å²) in [5.41, 5.74) is -0.306. The molecular weight excluding hydrogens is 262 g/mol. The fraction of sp³-hybridized carbons (Fsp3) is 0.750. The van der Waals surface area contributed by atoms with E-state index in [0.29, 0.717) is 12.1 Å². The molecule has 2 saturated carbocycles. The van der Waals surface area contributed by atoms with E-state index < -0.39 is 0 Å². The highest BCUT2D eigenvalue weighted by Crippen LogP contribution is 2.34. The van der Waals surface area contributed by atoms with Crippen molar-refractivity contribution in [3.63, 3.8) is 0 Å². The number of rotatable bonds is 5. The zero-order valence-corrected chi connectivity index (χ0v) is 13.0. The van der Waals surface area contributed by atoms with E-state index in [1.54, 1.807) is 0 Å². The molecule has 0 bridgehead atoms. The molecule has 0 aromatic carbocycles. The van der Waals surface area contributed by atoms with E-state index in [2.05, 4.69) is 32.9 Å². The smallest absolute Gasteiger partial charge is 0.122 e. The highest BCUT2D eigenvalue weighted by molar-refractivity contribution is 5.13. The zero-order chi connectivity index (χ0) is 14.9. The number of aryl methyl sites for hydroxylation is 1. The average Bonchev–Trinajstić information content (AvgIpc) is 3.21. The van der Waals surface area contributed by atoms with Crippen LogP contribution in [0.3, 0.4) is 0 Å². The largest absolute Gasteiger partial charge is 0.337 e. The van der Waals surface area contributed by atoms with Gasteiger partial charge in [0.25, 0.3) is 0 Å². The second-order valence-corrected chi connectivity index (χ2v) is 6.73. The molecule has 2 aliphatic rings. The SMILES string of the molecule is CN(Cc1nccn1C)C1CCCC(C#N)(NC2CC2)C1. The minimum absolute atomic E-state index is 0.306. The minimum Gasteiger partial charge on any atom is -0.337 e. The summed E-state index contributed by atoms with van der Waals surface area (Å²) in [5.74, 6) is 1.08. The van der Waals surface area contributed by atoms with Gasteiger partial charge in [-0.15, -0.1) is 0 Å². The molecule has 1 aromatic heterocycles. The number of nitrogens with one attached hydrogen (secondary N) is 1. The molecule has 114 valence electrons. The quantitative estimate of drug-likeness (QED) is 0.897. The van der Waals surface area contributed by atoms with Crippen LogP contribution in [-0.4, -0.2) is 39.1 Å². The molecule has 0 amide bonds. The van der Waals surface area contributed by atoms with Gasteiger partial charge in [-0.05, 0) is 45.6 Å². The molecule has 2 unspecified atom stereocenters. The van der Waals surface area contributed by atoms with Crippen molar-refractivity contribution in [1.82, 2.24) is 19.8 Å². The zero-order valence-electron chi connectivity index (χ0n) is 13.0. The Balaban J connectivity index is 1.64. The fourth-order valence-corrected chi connectivity index (χ4v) is 3.41. The van der Waals surface area contributed by atoms with Crippen LogP contribution in [0.1, 0.15) is 44.3 Å². The van der Waals surface area contributed by atoms with E-state index in [0.717, 1.165) is 31.6 Å². The summed E-state index contributed by atoms with van der Waals surface area (Å²) < 4.78 is 2.07. The lowest BCUT2D eigenvalue weighted by Gasteiger charge is -2.40. The third kappa shape index (κ3) is 3.28. The first-order chi connectivity index (χ1) is 10.1. The highest BCUT2D eigenvalue weighted by Gasteiger charge is 2.41. The van der Waals surface area contributed by atoms with Crippen LogP contribution in [0.2, 0.25) is 0 Å². The molecule has 21 heavy (non-hydrogen) atoms. The summed E-state index contributed by atoms with van der Waals surface area (Å²) in [6.07, 6.45) is 10.5. The maximum absolute atomic E-state index is 9.67. The Bertz CT molecular complexity index is 527. The van der Waals surface area contributed by atoms with Crippen LogP contribution in [-0.2, 0) is 13.6 Å². The van der Waals surface area contributed by atoms with Crippen LogP contribution in [0.25, 0.3) is 0 Å². The van der Waals surface area contributed by atoms with E-state index in [-0.39, 0.29) is 5.54 Å². The highest BCUT2D eigenvalue weighted by atomic mass is 15.2. The van der Waals surface area contributed by atoms with Crippen molar-refractivity contribution in [1.29, 1.82) is 5.26 Å². The van der Waals surface area contributed by atoms with Crippen molar-refractivity contribution in [2.45, 2.75) is 62.7 Å². The monoisotopic (exact) mass is 287 g/mol. The number of nitrogens with zero attached hydrogens (tertiary/aromatic N) is 4. The molecule has 2 aliphatic carbocycles. The van der Waals surface area contributed by atoms with Crippen molar-refractivity contribution in [3.05, 3.63) is 18.2 Å². The first kappa shape index (κ1) is 14.6. The fourth-order valence-electron chi connectivity index (χ4n) is 3.41. The lowest BCUT2D eigenvalue weighted by Crippen LogP contribution is -2.52. The van der Waals surface area contributed by atoms with E-state index in [1.165, 1.54) is 19.3 Å². The summed E-state index contributed by atoms with van der Waals surface area (Å²) >= 11 is 0. The summed E-state index contributed by atoms with van der Waals surface area (Å²) in [4.78, 5) is 6.77. The Kier molecular flexibility index (Phi) is 4.01. The van der Waals surface area contributed by atoms with Gasteiger partial charge in [-0.2, -0.15) is 5.26 Å². The Morgan fingerprint density at radius 2 is 2.33 bits per heavy atom. The summed E-state index contributed by atoms with van der Waals surface area (Å²) in [7, 11) is 4.19. The molecule has 0 saturated heterocycles. The van der Waals surface area contributed by atoms with Gasteiger partial charge in [-0.1, -0.05) is 0 Å². The molecule has 5 nitrogen and oxygen atoms in total. The van der Waals surface area contributed by atoms with Gasteiger partial charge in [0.2, 0.25) is 0 Å². The van der Waals surface area contributed by atoms with Crippen LogP contribution >= 0.6 is 0 Å². The maximum Gasteiger partial charge on any atom is 0.122 e. The van der Waals surface area contributed by atoms with Gasteiger partial charge < -0.3 is 4.57 Å². The third-order valence-electron chi connectivity index (χ3n) is 4.93. The van der Waals surface area contributed by atoms with Crippen LogP contribution in [0, 0.1) is 11.3 Å². The third-order valence-corrected chi connectivity index (χ3v) is 4.93. The van der Waals surface area contributed by atoms with Crippen molar-refractivity contribution in [2.24, 2.45) is 7.05 Å². The van der Waals surface area contributed by atoms with Gasteiger partial charge in [-0.3, -0.25) is 10.2 Å². The van der Waals surface area contributed by atoms with Gasteiger partial charge >= 0.3 is 0 Å². The molecule has 5 heteroatoms. The summed E-state index contributed by atoms with van der Waals surface area (Å²) in [6, 6.07) is 3.63. The van der Waals surface area contributed by atoms with Gasteiger partial charge in [0.15, 0.2) is 0 Å². The molecule has 1 aromatic rings. The minimum atomic E-state index is -0.306. The van der Waals surface area contributed by atoms with Crippen LogP contribution in [0.5, 0.6) is 0 Å². The average molecular weight is 287 g/mol. The van der Waals surface area contributed by atoms with Gasteiger partial charge in [0.05, 0.1) is 12.6 Å². The van der Waals surface area contributed by atoms with E-state index in [4.69, 9.17) is 0 Å². The van der Waals surface area contributed by atoms with Crippen LogP contribution in [0.4, 0.5) is 0 Å². The lowest BCUT2D eigenvalue weighted by atomic mass is 9.79. The number of aromatic nitrogens is 2. The van der Waals surface area contributed by atoms with Gasteiger partial charge in [-0.25, -0.2) is 4.98 Å². The maximum atomic E-state index is 9.67. The topological polar surface area (TPSA) is 56.9 Å². The van der Waals surface area contributed by atoms with Crippen LogP contribution in [0.15, 0.2) is 12.4 Å². The predicted molar refractivity (Wildman–Crippen MR) is 81.4 cm³/mol. The van der Waals surface area contributed by atoms with E-state index >= 15 is 0 Å². The van der Waals surface area contributed by atoms with Crippen molar-refractivity contribution in [2.75, 3.05) is 7.05 Å². The molecule has 1 N–H and O–H groups in total. The second-order valence-electron chi connectivity index (χ2n) is 6.73. The molecule has 0 radical (unpaired) electrons. The Morgan fingerprint density at radius 1 is 1.52 bits per heavy atom. The summed E-state index contributed by atoms with van der Waals surface area (Å²) in [5, 5.41) is 13.3. The van der Waals surface area contributed by atoms with Crippen molar-refractivity contribution in [3.8, 4) is 6.07 Å². The predicted octanol–water partition coefficient (Wildman–Crippen LogP) is 1.81.